The van der Waals surface area contributed by atoms with Gasteiger partial charge in [-0.25, -0.2) is 0 Å². The Labute approximate surface area is 83.8 Å². The predicted octanol–water partition coefficient (Wildman–Crippen LogP) is 3.21. The summed E-state index contributed by atoms with van der Waals surface area (Å²) in [5.41, 5.74) is 0.702. The Morgan fingerprint density at radius 3 is 2.62 bits per heavy atom. The van der Waals surface area contributed by atoms with Crippen LogP contribution in [0.5, 0.6) is 0 Å². The van der Waals surface area contributed by atoms with Crippen LogP contribution in [-0.2, 0) is 5.41 Å². The minimum Gasteiger partial charge on any atom is -0.197 e. The van der Waals surface area contributed by atoms with Gasteiger partial charge in [-0.15, -0.1) is 11.8 Å². The summed E-state index contributed by atoms with van der Waals surface area (Å²) in [4.78, 5) is 1.21. The number of nitriles is 1. The molecule has 0 spiro atoms. The number of benzene rings is 1. The van der Waals surface area contributed by atoms with Crippen molar-refractivity contribution in [1.82, 2.24) is 0 Å². The van der Waals surface area contributed by atoms with E-state index >= 15 is 0 Å². The number of hydrogen-bond acceptors (Lipinski definition) is 2. The fourth-order valence-electron chi connectivity index (χ4n) is 1.08. The van der Waals surface area contributed by atoms with Gasteiger partial charge in [0.2, 0.25) is 0 Å². The molecule has 0 amide bonds. The van der Waals surface area contributed by atoms with Crippen LogP contribution in [0.1, 0.15) is 19.4 Å². The Morgan fingerprint density at radius 1 is 1.38 bits per heavy atom. The smallest absolute Gasteiger partial charge is 0.0766 e. The van der Waals surface area contributed by atoms with Gasteiger partial charge in [-0.1, -0.05) is 12.1 Å². The molecule has 0 aliphatic heterocycles. The Kier molecular flexibility index (Phi) is 3.00. The summed E-state index contributed by atoms with van der Waals surface area (Å²) in [5.74, 6) is 0. The first-order valence-corrected chi connectivity index (χ1v) is 5.38. The van der Waals surface area contributed by atoms with Crippen molar-refractivity contribution in [3.05, 3.63) is 29.8 Å². The van der Waals surface area contributed by atoms with Crippen LogP contribution in [0.2, 0.25) is 0 Å². The van der Waals surface area contributed by atoms with Crippen LogP contribution in [0.15, 0.2) is 29.2 Å². The monoisotopic (exact) mass is 191 g/mol. The third-order valence-electron chi connectivity index (χ3n) is 2.07. The topological polar surface area (TPSA) is 23.8 Å². The molecule has 0 heterocycles. The van der Waals surface area contributed by atoms with Gasteiger partial charge in [-0.05, 0) is 37.8 Å². The average Bonchev–Trinajstić information content (AvgIpc) is 2.18. The van der Waals surface area contributed by atoms with Crippen molar-refractivity contribution in [2.45, 2.75) is 24.2 Å². The third kappa shape index (κ3) is 2.26. The molecular formula is C11H13NS. The number of thioether (sulfide) groups is 1. The summed E-state index contributed by atoms with van der Waals surface area (Å²) < 4.78 is 0. The first-order valence-electron chi connectivity index (χ1n) is 4.16. The highest BCUT2D eigenvalue weighted by Crippen LogP contribution is 2.25. The molecule has 0 fully saturated rings. The van der Waals surface area contributed by atoms with Gasteiger partial charge < -0.3 is 0 Å². The number of rotatable bonds is 2. The second-order valence-corrected chi connectivity index (χ2v) is 4.35. The highest BCUT2D eigenvalue weighted by atomic mass is 32.2. The molecule has 1 nitrogen and oxygen atoms in total. The minimum atomic E-state index is -0.383. The molecule has 0 bridgehead atoms. The number of hydrogen-bond donors (Lipinski definition) is 0. The first-order chi connectivity index (χ1) is 6.10. The second-order valence-electron chi connectivity index (χ2n) is 3.47. The molecule has 0 N–H and O–H groups in total. The predicted molar refractivity (Wildman–Crippen MR) is 56.9 cm³/mol. The molecule has 0 atom stereocenters. The largest absolute Gasteiger partial charge is 0.197 e. The molecule has 13 heavy (non-hydrogen) atoms. The normalized spacial score (nSPS) is 10.9. The van der Waals surface area contributed by atoms with E-state index in [1.54, 1.807) is 11.8 Å². The molecule has 0 radical (unpaired) electrons. The summed E-state index contributed by atoms with van der Waals surface area (Å²) in [5, 5.41) is 8.95. The van der Waals surface area contributed by atoms with Gasteiger partial charge >= 0.3 is 0 Å². The quantitative estimate of drug-likeness (QED) is 0.670. The molecule has 0 saturated heterocycles. The highest BCUT2D eigenvalue weighted by Gasteiger charge is 2.19. The van der Waals surface area contributed by atoms with Crippen molar-refractivity contribution in [2.75, 3.05) is 6.26 Å². The summed E-state index contributed by atoms with van der Waals surface area (Å²) in [6, 6.07) is 10.4. The van der Waals surface area contributed by atoms with Crippen LogP contribution in [0.25, 0.3) is 0 Å². The van der Waals surface area contributed by atoms with Crippen molar-refractivity contribution in [2.24, 2.45) is 0 Å². The minimum absolute atomic E-state index is 0.383. The van der Waals surface area contributed by atoms with E-state index < -0.39 is 0 Å². The SMILES string of the molecule is CSc1cccc(C(C)(C)C#N)c1. The summed E-state index contributed by atoms with van der Waals surface area (Å²) in [6.07, 6.45) is 2.04. The van der Waals surface area contributed by atoms with Crippen molar-refractivity contribution in [3.63, 3.8) is 0 Å². The maximum Gasteiger partial charge on any atom is 0.0766 e. The van der Waals surface area contributed by atoms with Crippen LogP contribution >= 0.6 is 11.8 Å². The van der Waals surface area contributed by atoms with Gasteiger partial charge in [0.15, 0.2) is 0 Å². The van der Waals surface area contributed by atoms with Gasteiger partial charge in [0.1, 0.15) is 0 Å². The zero-order chi connectivity index (χ0) is 9.90. The van der Waals surface area contributed by atoms with Crippen LogP contribution in [0.4, 0.5) is 0 Å². The molecular weight excluding hydrogens is 178 g/mol. The highest BCUT2D eigenvalue weighted by molar-refractivity contribution is 7.98. The van der Waals surface area contributed by atoms with Crippen LogP contribution in [-0.4, -0.2) is 6.26 Å². The van der Waals surface area contributed by atoms with E-state index in [4.69, 9.17) is 5.26 Å². The Balaban J connectivity index is 3.10. The lowest BCUT2D eigenvalue weighted by molar-refractivity contribution is 0.685. The van der Waals surface area contributed by atoms with E-state index in [2.05, 4.69) is 18.2 Å². The van der Waals surface area contributed by atoms with E-state index in [9.17, 15) is 0 Å². The molecule has 68 valence electrons. The number of nitrogens with zero attached hydrogens (tertiary/aromatic N) is 1. The fraction of sp³-hybridized carbons (Fsp3) is 0.364. The molecule has 0 aliphatic rings. The second kappa shape index (κ2) is 3.85. The Hall–Kier alpha value is -0.940. The van der Waals surface area contributed by atoms with Crippen molar-refractivity contribution < 1.29 is 0 Å². The molecule has 2 heteroatoms. The standard InChI is InChI=1S/C11H13NS/c1-11(2,8-12)9-5-4-6-10(7-9)13-3/h4-7H,1-3H3. The van der Waals surface area contributed by atoms with E-state index in [-0.39, 0.29) is 5.41 Å². The van der Waals surface area contributed by atoms with E-state index in [0.717, 1.165) is 5.56 Å². The van der Waals surface area contributed by atoms with Gasteiger partial charge in [0, 0.05) is 4.90 Å². The lowest BCUT2D eigenvalue weighted by Crippen LogP contribution is -2.13. The van der Waals surface area contributed by atoms with Crippen molar-refractivity contribution >= 4 is 11.8 Å². The van der Waals surface area contributed by atoms with Crippen LogP contribution in [0.3, 0.4) is 0 Å². The lowest BCUT2D eigenvalue weighted by atomic mass is 9.86. The van der Waals surface area contributed by atoms with Crippen molar-refractivity contribution in [3.8, 4) is 6.07 Å². The molecule has 0 saturated carbocycles. The maximum absolute atomic E-state index is 8.95. The Morgan fingerprint density at radius 2 is 2.08 bits per heavy atom. The van der Waals surface area contributed by atoms with Gasteiger partial charge in [0.25, 0.3) is 0 Å². The van der Waals surface area contributed by atoms with Crippen LogP contribution in [0, 0.1) is 11.3 Å². The van der Waals surface area contributed by atoms with Crippen LogP contribution < -0.4 is 0 Å². The summed E-state index contributed by atoms with van der Waals surface area (Å²) >= 11 is 1.70. The molecule has 1 aromatic rings. The van der Waals surface area contributed by atoms with E-state index in [1.165, 1.54) is 4.90 Å². The van der Waals surface area contributed by atoms with Gasteiger partial charge in [-0.3, -0.25) is 0 Å². The van der Waals surface area contributed by atoms with E-state index in [1.807, 2.05) is 32.2 Å². The first kappa shape index (κ1) is 10.1. The molecule has 1 aromatic carbocycles. The molecule has 0 aliphatic carbocycles. The van der Waals surface area contributed by atoms with E-state index in [0.29, 0.717) is 0 Å². The summed E-state index contributed by atoms with van der Waals surface area (Å²) in [7, 11) is 0. The maximum atomic E-state index is 8.95. The molecule has 0 aromatic heterocycles. The zero-order valence-corrected chi connectivity index (χ0v) is 8.98. The fourth-order valence-corrected chi connectivity index (χ4v) is 1.54. The zero-order valence-electron chi connectivity index (χ0n) is 8.16. The average molecular weight is 191 g/mol. The van der Waals surface area contributed by atoms with Gasteiger partial charge in [-0.2, -0.15) is 5.26 Å². The molecule has 1 rings (SSSR count). The summed E-state index contributed by atoms with van der Waals surface area (Å²) in [6.45, 7) is 3.87. The van der Waals surface area contributed by atoms with Gasteiger partial charge in [0.05, 0.1) is 11.5 Å². The third-order valence-corrected chi connectivity index (χ3v) is 2.80. The molecule has 0 unspecified atom stereocenters. The Bertz CT molecular complexity index is 336. The lowest BCUT2D eigenvalue weighted by Gasteiger charge is -2.16. The van der Waals surface area contributed by atoms with Crippen molar-refractivity contribution in [1.29, 1.82) is 5.26 Å².